The number of rotatable bonds is 2. The van der Waals surface area contributed by atoms with Gasteiger partial charge in [0.25, 0.3) is 0 Å². The number of nitrogens with two attached hydrogens (primary N) is 2. The molecule has 0 aromatic rings. The highest BCUT2D eigenvalue weighted by atomic mass is 35.5. The maximum Gasteiger partial charge on any atom is 0.185 e. The van der Waals surface area contributed by atoms with Crippen molar-refractivity contribution in [2.24, 2.45) is 22.4 Å². The van der Waals surface area contributed by atoms with Crippen LogP contribution in [-0.4, -0.2) is 12.5 Å². The molecule has 0 aromatic heterocycles. The van der Waals surface area contributed by atoms with Gasteiger partial charge in [-0.25, -0.2) is 0 Å². The minimum Gasteiger partial charge on any atom is -0.370 e. The summed E-state index contributed by atoms with van der Waals surface area (Å²) in [5, 5.41) is 0. The molecule has 0 atom stereocenters. The van der Waals surface area contributed by atoms with Crippen molar-refractivity contribution in [2.75, 3.05) is 6.54 Å². The van der Waals surface area contributed by atoms with Gasteiger partial charge >= 0.3 is 0 Å². The monoisotopic (exact) mass is 191 g/mol. The third-order valence-electron chi connectivity index (χ3n) is 2.26. The van der Waals surface area contributed by atoms with Crippen LogP contribution in [0.5, 0.6) is 0 Å². The van der Waals surface area contributed by atoms with Crippen LogP contribution < -0.4 is 11.5 Å². The molecule has 1 fully saturated rings. The Morgan fingerprint density at radius 2 is 1.75 bits per heavy atom. The zero-order valence-corrected chi connectivity index (χ0v) is 8.15. The highest BCUT2D eigenvalue weighted by Crippen LogP contribution is 2.23. The molecule has 1 rings (SSSR count). The average Bonchev–Trinajstić information content (AvgIpc) is 2.03. The maximum absolute atomic E-state index is 5.24. The van der Waals surface area contributed by atoms with Gasteiger partial charge in [0.05, 0.1) is 0 Å². The fourth-order valence-electron chi connectivity index (χ4n) is 1.60. The van der Waals surface area contributed by atoms with Gasteiger partial charge in [0.1, 0.15) is 0 Å². The molecule has 0 spiro atoms. The quantitative estimate of drug-likeness (QED) is 0.510. The summed E-state index contributed by atoms with van der Waals surface area (Å²) in [5.74, 6) is 0.974. The lowest BCUT2D eigenvalue weighted by molar-refractivity contribution is 0.367. The Morgan fingerprint density at radius 3 is 2.25 bits per heavy atom. The van der Waals surface area contributed by atoms with Crippen LogP contribution in [0.15, 0.2) is 4.99 Å². The molecule has 0 saturated heterocycles. The molecule has 1 aliphatic carbocycles. The van der Waals surface area contributed by atoms with E-state index in [9.17, 15) is 0 Å². The van der Waals surface area contributed by atoms with Crippen LogP contribution in [0.25, 0.3) is 0 Å². The van der Waals surface area contributed by atoms with E-state index in [1.165, 1.54) is 32.1 Å². The molecule has 0 amide bonds. The third kappa shape index (κ3) is 4.44. The Kier molecular flexibility index (Phi) is 5.89. The second kappa shape index (κ2) is 6.12. The molecule has 3 nitrogen and oxygen atoms in total. The van der Waals surface area contributed by atoms with E-state index in [1.807, 2.05) is 0 Å². The van der Waals surface area contributed by atoms with Crippen molar-refractivity contribution in [1.82, 2.24) is 0 Å². The van der Waals surface area contributed by atoms with E-state index in [2.05, 4.69) is 4.99 Å². The van der Waals surface area contributed by atoms with Crippen LogP contribution in [0.4, 0.5) is 0 Å². The predicted octanol–water partition coefficient (Wildman–Crippen LogP) is 1.26. The van der Waals surface area contributed by atoms with E-state index in [1.54, 1.807) is 0 Å². The van der Waals surface area contributed by atoms with E-state index in [-0.39, 0.29) is 18.4 Å². The van der Waals surface area contributed by atoms with Crippen molar-refractivity contribution < 1.29 is 0 Å². The van der Waals surface area contributed by atoms with Crippen molar-refractivity contribution in [3.8, 4) is 0 Å². The number of hydrogen-bond donors (Lipinski definition) is 2. The lowest BCUT2D eigenvalue weighted by atomic mass is 9.89. The molecule has 0 radical (unpaired) electrons. The van der Waals surface area contributed by atoms with Crippen LogP contribution in [0, 0.1) is 5.92 Å². The first-order valence-electron chi connectivity index (χ1n) is 4.34. The van der Waals surface area contributed by atoms with Gasteiger partial charge in [0.15, 0.2) is 5.96 Å². The van der Waals surface area contributed by atoms with Gasteiger partial charge < -0.3 is 11.5 Å². The second-order valence-electron chi connectivity index (χ2n) is 3.27. The SMILES string of the molecule is Cl.NC(N)=NCC1CCCCC1. The number of nitrogens with zero attached hydrogens (tertiary/aromatic N) is 1. The minimum atomic E-state index is 0. The zero-order valence-electron chi connectivity index (χ0n) is 7.33. The summed E-state index contributed by atoms with van der Waals surface area (Å²) in [5.41, 5.74) is 10.5. The topological polar surface area (TPSA) is 64.4 Å². The Balaban J connectivity index is 0.00000121. The van der Waals surface area contributed by atoms with Gasteiger partial charge in [-0.1, -0.05) is 19.3 Å². The summed E-state index contributed by atoms with van der Waals surface area (Å²) >= 11 is 0. The first-order valence-corrected chi connectivity index (χ1v) is 4.34. The Labute approximate surface area is 80.0 Å². The Hall–Kier alpha value is -0.440. The van der Waals surface area contributed by atoms with Gasteiger partial charge in [-0.2, -0.15) is 0 Å². The molecule has 1 aliphatic rings. The summed E-state index contributed by atoms with van der Waals surface area (Å²) in [4.78, 5) is 4.02. The van der Waals surface area contributed by atoms with Gasteiger partial charge in [0, 0.05) is 6.54 Å². The Bertz CT molecular complexity index is 137. The average molecular weight is 192 g/mol. The van der Waals surface area contributed by atoms with Gasteiger partial charge in [-0.15, -0.1) is 12.4 Å². The lowest BCUT2D eigenvalue weighted by Crippen LogP contribution is -2.24. The molecule has 1 saturated carbocycles. The van der Waals surface area contributed by atoms with Crippen LogP contribution in [0.2, 0.25) is 0 Å². The molecule has 0 aromatic carbocycles. The number of hydrogen-bond acceptors (Lipinski definition) is 1. The first-order chi connectivity index (χ1) is 5.29. The molecule has 12 heavy (non-hydrogen) atoms. The third-order valence-corrected chi connectivity index (χ3v) is 2.26. The normalized spacial score (nSPS) is 18.0. The molecule has 72 valence electrons. The summed E-state index contributed by atoms with van der Waals surface area (Å²) in [6.45, 7) is 0.836. The van der Waals surface area contributed by atoms with Gasteiger partial charge in [-0.3, -0.25) is 4.99 Å². The Morgan fingerprint density at radius 1 is 1.17 bits per heavy atom. The van der Waals surface area contributed by atoms with E-state index < -0.39 is 0 Å². The summed E-state index contributed by atoms with van der Waals surface area (Å²) in [7, 11) is 0. The minimum absolute atomic E-state index is 0. The van der Waals surface area contributed by atoms with Gasteiger partial charge in [0.2, 0.25) is 0 Å². The van der Waals surface area contributed by atoms with Crippen molar-refractivity contribution in [1.29, 1.82) is 0 Å². The van der Waals surface area contributed by atoms with Crippen molar-refractivity contribution in [2.45, 2.75) is 32.1 Å². The number of halogens is 1. The smallest absolute Gasteiger partial charge is 0.185 e. The van der Waals surface area contributed by atoms with Crippen LogP contribution >= 0.6 is 12.4 Å². The number of guanidine groups is 1. The zero-order chi connectivity index (χ0) is 8.10. The maximum atomic E-state index is 5.24. The lowest BCUT2D eigenvalue weighted by Gasteiger charge is -2.19. The molecular weight excluding hydrogens is 174 g/mol. The molecule has 4 N–H and O–H groups in total. The van der Waals surface area contributed by atoms with E-state index in [0.29, 0.717) is 0 Å². The second-order valence-corrected chi connectivity index (χ2v) is 3.27. The van der Waals surface area contributed by atoms with Crippen molar-refractivity contribution >= 4 is 18.4 Å². The van der Waals surface area contributed by atoms with E-state index in [0.717, 1.165) is 12.5 Å². The highest BCUT2D eigenvalue weighted by Gasteiger charge is 2.11. The van der Waals surface area contributed by atoms with Crippen molar-refractivity contribution in [3.05, 3.63) is 0 Å². The highest BCUT2D eigenvalue weighted by molar-refractivity contribution is 5.85. The molecule has 0 bridgehead atoms. The fourth-order valence-corrected chi connectivity index (χ4v) is 1.60. The summed E-state index contributed by atoms with van der Waals surface area (Å²) < 4.78 is 0. The molecule has 0 unspecified atom stereocenters. The fraction of sp³-hybridized carbons (Fsp3) is 0.875. The van der Waals surface area contributed by atoms with Crippen LogP contribution in [-0.2, 0) is 0 Å². The number of aliphatic imine (C=N–C) groups is 1. The molecule has 4 heteroatoms. The molecule has 0 aliphatic heterocycles. The van der Waals surface area contributed by atoms with Crippen molar-refractivity contribution in [3.63, 3.8) is 0 Å². The molecule has 0 heterocycles. The van der Waals surface area contributed by atoms with Crippen LogP contribution in [0.1, 0.15) is 32.1 Å². The van der Waals surface area contributed by atoms with Crippen LogP contribution in [0.3, 0.4) is 0 Å². The van der Waals surface area contributed by atoms with E-state index >= 15 is 0 Å². The molecular formula is C8H18ClN3. The summed E-state index contributed by atoms with van der Waals surface area (Å²) in [6, 6.07) is 0. The summed E-state index contributed by atoms with van der Waals surface area (Å²) in [6.07, 6.45) is 6.70. The predicted molar refractivity (Wildman–Crippen MR) is 54.5 cm³/mol. The first kappa shape index (κ1) is 11.6. The van der Waals surface area contributed by atoms with E-state index in [4.69, 9.17) is 11.5 Å². The standard InChI is InChI=1S/C8H17N3.ClH/c9-8(10)11-6-7-4-2-1-3-5-7;/h7H,1-6H2,(H4,9,10,11);1H. The van der Waals surface area contributed by atoms with Gasteiger partial charge in [-0.05, 0) is 18.8 Å². The largest absolute Gasteiger partial charge is 0.370 e.